The lowest BCUT2D eigenvalue weighted by Gasteiger charge is -2.22. The average molecular weight is 756 g/mol. The predicted molar refractivity (Wildman–Crippen MR) is 169 cm³/mol. The molecule has 1 amide bonds. The van der Waals surface area contributed by atoms with E-state index in [0.717, 1.165) is 10.9 Å². The Hall–Kier alpha value is -5.66. The summed E-state index contributed by atoms with van der Waals surface area (Å²) >= 11 is 6.24. The first-order valence-electron chi connectivity index (χ1n) is 15.1. The molecule has 2 atom stereocenters. The Kier molecular flexibility index (Phi) is 11.1. The highest BCUT2D eigenvalue weighted by Gasteiger charge is 2.38. The van der Waals surface area contributed by atoms with Crippen LogP contribution >= 0.6 is 11.6 Å². The average Bonchev–Trinajstić information content (AvgIpc) is 3.75. The number of hydrogen-bond donors (Lipinski definition) is 2. The van der Waals surface area contributed by atoms with E-state index in [0.29, 0.717) is 51.5 Å². The van der Waals surface area contributed by atoms with Crippen molar-refractivity contribution in [1.29, 1.82) is 0 Å². The number of carbonyl (C=O) groups is 2. The van der Waals surface area contributed by atoms with Gasteiger partial charge >= 0.3 is 18.7 Å². The van der Waals surface area contributed by atoms with Crippen LogP contribution in [0.15, 0.2) is 66.1 Å². The molecule has 0 radical (unpaired) electrons. The Morgan fingerprint density at radius 2 is 1.79 bits per heavy atom. The lowest BCUT2D eigenvalue weighted by Crippen LogP contribution is -2.27. The number of hydrogen-bond acceptors (Lipinski definition) is 8. The van der Waals surface area contributed by atoms with E-state index in [2.05, 4.69) is 30.7 Å². The molecular formula is C31H25ClF7N9O4. The molecule has 0 unspecified atom stereocenters. The third-order valence-corrected chi connectivity index (χ3v) is 8.06. The van der Waals surface area contributed by atoms with Crippen molar-refractivity contribution in [2.45, 2.75) is 51.4 Å². The van der Waals surface area contributed by atoms with E-state index in [1.807, 2.05) is 0 Å². The van der Waals surface area contributed by atoms with Crippen molar-refractivity contribution in [1.82, 2.24) is 39.3 Å². The highest BCUT2D eigenvalue weighted by atomic mass is 35.5. The topological polar surface area (TPSA) is 163 Å². The molecular weight excluding hydrogens is 731 g/mol. The van der Waals surface area contributed by atoms with E-state index in [1.54, 1.807) is 25.1 Å². The van der Waals surface area contributed by atoms with Gasteiger partial charge in [0, 0.05) is 34.3 Å². The van der Waals surface area contributed by atoms with Crippen molar-refractivity contribution in [3.8, 4) is 28.2 Å². The standard InChI is InChI=1S/C29H24ClF4N9O2.C2HF3O2/c1-15-3-2-4-24(20-9-16(7-8-35-20)26-21(38-28(15)45)12-37-43(26)29(33)34)41-14-36-19(11-25(41)44)18-10-17(30)5-6-23(18)42-13-22(27(31)32)39-40-42;3-2(4,5)1(6)7/h5-15,24,27,29H,2-4H2,1H3,(H,38,45);(H,6,7)/t15-,24+;/m1./s1. The van der Waals surface area contributed by atoms with Gasteiger partial charge in [0.25, 0.3) is 12.0 Å². The zero-order valence-electron chi connectivity index (χ0n) is 26.5. The molecule has 1 aromatic carbocycles. The molecule has 274 valence electrons. The third-order valence-electron chi connectivity index (χ3n) is 7.83. The van der Waals surface area contributed by atoms with Gasteiger partial charge in [-0.05, 0) is 43.2 Å². The van der Waals surface area contributed by atoms with Gasteiger partial charge in [-0.15, -0.1) is 5.10 Å². The summed E-state index contributed by atoms with van der Waals surface area (Å²) in [5, 5.41) is 21.2. The summed E-state index contributed by atoms with van der Waals surface area (Å²) in [7, 11) is 0. The molecule has 52 heavy (non-hydrogen) atoms. The Bertz CT molecular complexity index is 2150. The Labute approximate surface area is 292 Å². The molecule has 21 heteroatoms. The Balaban J connectivity index is 0.000000679. The van der Waals surface area contributed by atoms with Crippen molar-refractivity contribution in [2.24, 2.45) is 5.92 Å². The second-order valence-electron chi connectivity index (χ2n) is 11.3. The second kappa shape index (κ2) is 15.3. The van der Waals surface area contributed by atoms with E-state index < -0.39 is 48.3 Å². The van der Waals surface area contributed by atoms with Crippen molar-refractivity contribution in [3.63, 3.8) is 0 Å². The molecule has 2 N–H and O–H groups in total. The number of aliphatic carboxylic acids is 1. The number of alkyl halides is 7. The minimum Gasteiger partial charge on any atom is -0.475 e. The highest BCUT2D eigenvalue weighted by Crippen LogP contribution is 2.35. The van der Waals surface area contributed by atoms with Crippen LogP contribution in [-0.2, 0) is 9.59 Å². The number of carbonyl (C=O) groups excluding carboxylic acids is 1. The van der Waals surface area contributed by atoms with E-state index in [4.69, 9.17) is 21.5 Å². The van der Waals surface area contributed by atoms with Crippen LogP contribution in [0.3, 0.4) is 0 Å². The summed E-state index contributed by atoms with van der Waals surface area (Å²) in [4.78, 5) is 44.4. The monoisotopic (exact) mass is 755 g/mol. The number of nitrogens with one attached hydrogen (secondary N) is 1. The molecule has 5 aromatic rings. The Morgan fingerprint density at radius 3 is 2.42 bits per heavy atom. The normalized spacial score (nSPS) is 16.3. The van der Waals surface area contributed by atoms with Crippen LogP contribution < -0.4 is 10.9 Å². The summed E-state index contributed by atoms with van der Waals surface area (Å²) in [5.74, 6) is -3.56. The van der Waals surface area contributed by atoms with Gasteiger partial charge in [0.05, 0.1) is 53.2 Å². The van der Waals surface area contributed by atoms with Gasteiger partial charge in [-0.2, -0.15) is 27.1 Å². The number of halogens is 8. The van der Waals surface area contributed by atoms with Crippen LogP contribution in [0.2, 0.25) is 5.02 Å². The van der Waals surface area contributed by atoms with Crippen molar-refractivity contribution in [2.75, 3.05) is 5.32 Å². The highest BCUT2D eigenvalue weighted by molar-refractivity contribution is 6.31. The van der Waals surface area contributed by atoms with Crippen molar-refractivity contribution < 1.29 is 45.4 Å². The first kappa shape index (κ1) is 37.6. The second-order valence-corrected chi connectivity index (χ2v) is 11.7. The van der Waals surface area contributed by atoms with Crippen LogP contribution in [0.1, 0.15) is 56.6 Å². The molecule has 2 bridgehead atoms. The maximum absolute atomic E-state index is 13.9. The number of fused-ring (bicyclic) bond motifs is 4. The number of anilines is 1. The van der Waals surface area contributed by atoms with Crippen molar-refractivity contribution >= 4 is 29.2 Å². The molecule has 5 heterocycles. The fourth-order valence-electron chi connectivity index (χ4n) is 5.30. The van der Waals surface area contributed by atoms with Crippen LogP contribution in [-0.4, -0.2) is 62.5 Å². The van der Waals surface area contributed by atoms with E-state index in [-0.39, 0.29) is 23.0 Å². The molecule has 0 aliphatic carbocycles. The summed E-state index contributed by atoms with van der Waals surface area (Å²) in [6, 6.07) is 8.35. The quantitative estimate of drug-likeness (QED) is 0.186. The predicted octanol–water partition coefficient (Wildman–Crippen LogP) is 6.72. The molecule has 0 fully saturated rings. The number of nitrogens with zero attached hydrogens (tertiary/aromatic N) is 8. The van der Waals surface area contributed by atoms with Crippen LogP contribution in [0.5, 0.6) is 0 Å². The van der Waals surface area contributed by atoms with Crippen LogP contribution in [0.4, 0.5) is 36.4 Å². The lowest BCUT2D eigenvalue weighted by atomic mass is 9.97. The molecule has 1 aliphatic rings. The van der Waals surface area contributed by atoms with Gasteiger partial charge in [0.2, 0.25) is 5.91 Å². The fraction of sp³-hybridized carbons (Fsp3) is 0.290. The van der Waals surface area contributed by atoms with E-state index in [1.165, 1.54) is 41.5 Å². The van der Waals surface area contributed by atoms with Gasteiger partial charge in [-0.1, -0.05) is 30.2 Å². The summed E-state index contributed by atoms with van der Waals surface area (Å²) < 4.78 is 89.0. The summed E-state index contributed by atoms with van der Waals surface area (Å²) in [6.45, 7) is -1.24. The van der Waals surface area contributed by atoms with E-state index in [9.17, 15) is 40.3 Å². The largest absolute Gasteiger partial charge is 0.490 e. The number of amides is 1. The van der Waals surface area contributed by atoms with Crippen LogP contribution in [0, 0.1) is 5.92 Å². The smallest absolute Gasteiger partial charge is 0.475 e. The van der Waals surface area contributed by atoms with E-state index >= 15 is 0 Å². The molecule has 0 saturated heterocycles. The first-order chi connectivity index (χ1) is 24.5. The number of rotatable bonds is 5. The Morgan fingerprint density at radius 1 is 1.06 bits per heavy atom. The lowest BCUT2D eigenvalue weighted by molar-refractivity contribution is -0.192. The minimum atomic E-state index is -5.08. The molecule has 6 rings (SSSR count). The van der Waals surface area contributed by atoms with Crippen LogP contribution in [0.25, 0.3) is 28.2 Å². The zero-order valence-corrected chi connectivity index (χ0v) is 27.2. The summed E-state index contributed by atoms with van der Waals surface area (Å²) in [5.41, 5.74) is 0.768. The maximum Gasteiger partial charge on any atom is 0.490 e. The molecule has 0 saturated carbocycles. The fourth-order valence-corrected chi connectivity index (χ4v) is 5.47. The van der Waals surface area contributed by atoms with Gasteiger partial charge < -0.3 is 10.4 Å². The molecule has 4 aromatic heterocycles. The maximum atomic E-state index is 13.9. The SMILES string of the molecule is C[C@@H]1CCC[C@H](n2cnc(-c3cc(Cl)ccc3-n3cc(C(F)F)nn3)cc2=O)c2cc(ccn2)-c2c(cnn2C(F)F)NC1=O.O=C(O)C(F)(F)F. The number of carboxylic acid groups (broad SMARTS) is 1. The molecule has 13 nitrogen and oxygen atoms in total. The number of benzene rings is 1. The zero-order chi connectivity index (χ0) is 37.9. The first-order valence-corrected chi connectivity index (χ1v) is 15.4. The van der Waals surface area contributed by atoms with Gasteiger partial charge in [0.15, 0.2) is 0 Å². The summed E-state index contributed by atoms with van der Waals surface area (Å²) in [6.07, 6.45) is -1.51. The minimum absolute atomic E-state index is 0.00550. The molecule has 1 aliphatic heterocycles. The number of pyridine rings is 1. The molecule has 0 spiro atoms. The van der Waals surface area contributed by atoms with Gasteiger partial charge in [-0.25, -0.2) is 27.9 Å². The number of carboxylic acids is 1. The third kappa shape index (κ3) is 8.27. The number of aromatic nitrogens is 8. The van der Waals surface area contributed by atoms with Gasteiger partial charge in [-0.3, -0.25) is 19.1 Å². The van der Waals surface area contributed by atoms with Gasteiger partial charge in [0.1, 0.15) is 5.69 Å². The van der Waals surface area contributed by atoms with Crippen molar-refractivity contribution in [3.05, 3.63) is 88.1 Å².